The van der Waals surface area contributed by atoms with Crippen molar-refractivity contribution in [2.45, 2.75) is 25.8 Å². The molecule has 1 unspecified atom stereocenters. The lowest BCUT2D eigenvalue weighted by molar-refractivity contribution is -0.136. The first-order valence-electron chi connectivity index (χ1n) is 8.64. The van der Waals surface area contributed by atoms with Crippen LogP contribution >= 0.6 is 12.4 Å². The van der Waals surface area contributed by atoms with E-state index in [9.17, 15) is 4.79 Å². The molecule has 2 aromatic rings. The zero-order valence-corrected chi connectivity index (χ0v) is 15.7. The van der Waals surface area contributed by atoms with Crippen molar-refractivity contribution in [2.24, 2.45) is 5.41 Å². The number of halogens is 1. The van der Waals surface area contributed by atoms with Crippen molar-refractivity contribution in [1.29, 1.82) is 0 Å². The molecule has 1 saturated heterocycles. The molecule has 1 fully saturated rings. The van der Waals surface area contributed by atoms with E-state index in [4.69, 9.17) is 4.74 Å². The highest BCUT2D eigenvalue weighted by Crippen LogP contribution is 2.31. The SMILES string of the molecule is COCC1(C(=O)NC(C)c2ccc3ccccc3c2)CCNCC1.Cl. The zero-order chi connectivity index (χ0) is 17.0. The molecule has 0 spiro atoms. The third-order valence-electron chi connectivity index (χ3n) is 5.08. The lowest BCUT2D eigenvalue weighted by atomic mass is 9.78. The third kappa shape index (κ3) is 4.32. The Labute approximate surface area is 155 Å². The maximum Gasteiger partial charge on any atom is 0.229 e. The van der Waals surface area contributed by atoms with Crippen LogP contribution in [0.25, 0.3) is 10.8 Å². The van der Waals surface area contributed by atoms with Crippen LogP contribution in [0.5, 0.6) is 0 Å². The molecule has 2 aromatic carbocycles. The van der Waals surface area contributed by atoms with Crippen LogP contribution in [0, 0.1) is 5.41 Å². The average Bonchev–Trinajstić information content (AvgIpc) is 2.62. The van der Waals surface area contributed by atoms with Gasteiger partial charge in [-0.25, -0.2) is 0 Å². The number of hydrogen-bond acceptors (Lipinski definition) is 3. The molecule has 0 saturated carbocycles. The van der Waals surface area contributed by atoms with E-state index in [1.165, 1.54) is 10.8 Å². The topological polar surface area (TPSA) is 50.4 Å². The molecule has 0 bridgehead atoms. The molecule has 1 aliphatic rings. The standard InChI is InChI=1S/C20H26N2O2.ClH/c1-15(17-8-7-16-5-3-4-6-18(16)13-17)22-19(23)20(14-24-2)9-11-21-12-10-20;/h3-8,13,15,21H,9-12,14H2,1-2H3,(H,22,23);1H. The van der Waals surface area contributed by atoms with E-state index in [2.05, 4.69) is 41.0 Å². The molecule has 5 heteroatoms. The molecule has 1 amide bonds. The summed E-state index contributed by atoms with van der Waals surface area (Å²) >= 11 is 0. The highest BCUT2D eigenvalue weighted by molar-refractivity contribution is 5.85. The quantitative estimate of drug-likeness (QED) is 0.856. The normalized spacial score (nSPS) is 17.5. The van der Waals surface area contributed by atoms with Gasteiger partial charge < -0.3 is 15.4 Å². The van der Waals surface area contributed by atoms with Crippen molar-refractivity contribution in [2.75, 3.05) is 26.8 Å². The van der Waals surface area contributed by atoms with Crippen molar-refractivity contribution in [3.05, 3.63) is 48.0 Å². The summed E-state index contributed by atoms with van der Waals surface area (Å²) in [6.07, 6.45) is 1.63. The minimum Gasteiger partial charge on any atom is -0.384 e. The van der Waals surface area contributed by atoms with Gasteiger partial charge in [0.1, 0.15) is 0 Å². The number of rotatable bonds is 5. The lowest BCUT2D eigenvalue weighted by Crippen LogP contribution is -2.50. The predicted molar refractivity (Wildman–Crippen MR) is 104 cm³/mol. The molecule has 3 rings (SSSR count). The second kappa shape index (κ2) is 8.65. The molecule has 2 N–H and O–H groups in total. The van der Waals surface area contributed by atoms with Gasteiger partial charge in [-0.1, -0.05) is 36.4 Å². The van der Waals surface area contributed by atoms with E-state index in [-0.39, 0.29) is 24.4 Å². The summed E-state index contributed by atoms with van der Waals surface area (Å²) < 4.78 is 5.36. The summed E-state index contributed by atoms with van der Waals surface area (Å²) in [5, 5.41) is 8.95. The molecular weight excluding hydrogens is 336 g/mol. The first-order valence-corrected chi connectivity index (χ1v) is 8.64. The summed E-state index contributed by atoms with van der Waals surface area (Å²) in [7, 11) is 1.67. The highest BCUT2D eigenvalue weighted by atomic mass is 35.5. The van der Waals surface area contributed by atoms with E-state index in [0.717, 1.165) is 31.5 Å². The van der Waals surface area contributed by atoms with Crippen LogP contribution in [0.1, 0.15) is 31.4 Å². The maximum absolute atomic E-state index is 12.9. The zero-order valence-electron chi connectivity index (χ0n) is 14.9. The molecule has 0 radical (unpaired) electrons. The maximum atomic E-state index is 12.9. The molecule has 1 atom stereocenters. The minimum absolute atomic E-state index is 0. The van der Waals surface area contributed by atoms with E-state index in [0.29, 0.717) is 6.61 Å². The van der Waals surface area contributed by atoms with Gasteiger partial charge in [-0.15, -0.1) is 12.4 Å². The van der Waals surface area contributed by atoms with Crippen LogP contribution in [0.3, 0.4) is 0 Å². The second-order valence-electron chi connectivity index (χ2n) is 6.77. The lowest BCUT2D eigenvalue weighted by Gasteiger charge is -2.36. The Kier molecular flexibility index (Phi) is 6.82. The van der Waals surface area contributed by atoms with Crippen LogP contribution in [0.4, 0.5) is 0 Å². The fourth-order valence-corrected chi connectivity index (χ4v) is 3.53. The number of piperidine rings is 1. The average molecular weight is 363 g/mol. The number of carbonyl (C=O) groups excluding carboxylic acids is 1. The third-order valence-corrected chi connectivity index (χ3v) is 5.08. The number of hydrogen-bond donors (Lipinski definition) is 2. The number of methoxy groups -OCH3 is 1. The van der Waals surface area contributed by atoms with E-state index in [1.54, 1.807) is 7.11 Å². The summed E-state index contributed by atoms with van der Waals surface area (Å²) in [5.41, 5.74) is 0.717. The van der Waals surface area contributed by atoms with Crippen molar-refractivity contribution in [3.8, 4) is 0 Å². The van der Waals surface area contributed by atoms with Gasteiger partial charge in [0.25, 0.3) is 0 Å². The Balaban J connectivity index is 0.00000225. The van der Waals surface area contributed by atoms with E-state index >= 15 is 0 Å². The number of ether oxygens (including phenoxy) is 1. The summed E-state index contributed by atoms with van der Waals surface area (Å²) in [6, 6.07) is 14.6. The smallest absolute Gasteiger partial charge is 0.229 e. The van der Waals surface area contributed by atoms with Crippen LogP contribution in [0.2, 0.25) is 0 Å². The van der Waals surface area contributed by atoms with Gasteiger partial charge in [0.05, 0.1) is 18.1 Å². The highest BCUT2D eigenvalue weighted by Gasteiger charge is 2.40. The number of amides is 1. The summed E-state index contributed by atoms with van der Waals surface area (Å²) in [6.45, 7) is 4.25. The van der Waals surface area contributed by atoms with Crippen molar-refractivity contribution in [3.63, 3.8) is 0 Å². The largest absolute Gasteiger partial charge is 0.384 e. The van der Waals surface area contributed by atoms with Crippen LogP contribution in [-0.4, -0.2) is 32.7 Å². The molecule has 4 nitrogen and oxygen atoms in total. The number of fused-ring (bicyclic) bond motifs is 1. The van der Waals surface area contributed by atoms with Gasteiger partial charge in [-0.3, -0.25) is 4.79 Å². The van der Waals surface area contributed by atoms with Crippen LogP contribution in [0.15, 0.2) is 42.5 Å². The molecule has 136 valence electrons. The Morgan fingerprint density at radius 3 is 2.56 bits per heavy atom. The predicted octanol–water partition coefficient (Wildman–Crippen LogP) is 3.46. The Hall–Kier alpha value is -1.62. The number of benzene rings is 2. The van der Waals surface area contributed by atoms with E-state index in [1.807, 2.05) is 19.1 Å². The fraction of sp³-hybridized carbons (Fsp3) is 0.450. The first-order chi connectivity index (χ1) is 11.6. The first kappa shape index (κ1) is 19.7. The van der Waals surface area contributed by atoms with Crippen molar-refractivity contribution < 1.29 is 9.53 Å². The van der Waals surface area contributed by atoms with Gasteiger partial charge in [0.2, 0.25) is 5.91 Å². The number of carbonyl (C=O) groups is 1. The van der Waals surface area contributed by atoms with Gasteiger partial charge in [0.15, 0.2) is 0 Å². The Morgan fingerprint density at radius 1 is 1.20 bits per heavy atom. The Morgan fingerprint density at radius 2 is 1.88 bits per heavy atom. The summed E-state index contributed by atoms with van der Waals surface area (Å²) in [5.74, 6) is 0.103. The minimum atomic E-state index is -0.412. The number of nitrogens with one attached hydrogen (secondary N) is 2. The van der Waals surface area contributed by atoms with Crippen molar-refractivity contribution in [1.82, 2.24) is 10.6 Å². The Bertz CT molecular complexity index is 708. The van der Waals surface area contributed by atoms with Gasteiger partial charge in [0, 0.05) is 7.11 Å². The summed E-state index contributed by atoms with van der Waals surface area (Å²) in [4.78, 5) is 12.9. The van der Waals surface area contributed by atoms with Gasteiger partial charge >= 0.3 is 0 Å². The molecular formula is C20H27ClN2O2. The molecule has 0 aliphatic carbocycles. The molecule has 1 aliphatic heterocycles. The second-order valence-corrected chi connectivity index (χ2v) is 6.77. The fourth-order valence-electron chi connectivity index (χ4n) is 3.53. The molecule has 0 aromatic heterocycles. The monoisotopic (exact) mass is 362 g/mol. The molecule has 1 heterocycles. The van der Waals surface area contributed by atoms with Gasteiger partial charge in [-0.05, 0) is 55.3 Å². The van der Waals surface area contributed by atoms with Gasteiger partial charge in [-0.2, -0.15) is 0 Å². The van der Waals surface area contributed by atoms with E-state index < -0.39 is 5.41 Å². The van der Waals surface area contributed by atoms with Crippen LogP contribution in [-0.2, 0) is 9.53 Å². The molecule has 25 heavy (non-hydrogen) atoms. The van der Waals surface area contributed by atoms with Crippen molar-refractivity contribution >= 4 is 29.1 Å². The van der Waals surface area contributed by atoms with Crippen LogP contribution < -0.4 is 10.6 Å².